The van der Waals surface area contributed by atoms with Crippen molar-refractivity contribution < 1.29 is 0 Å². The number of nitrogens with zero attached hydrogens (tertiary/aromatic N) is 3. The normalized spacial score (nSPS) is 12.4. The first-order chi connectivity index (χ1) is 7.50. The van der Waals surface area contributed by atoms with Gasteiger partial charge in [0, 0.05) is 24.7 Å². The molecule has 0 aliphatic carbocycles. The highest BCUT2D eigenvalue weighted by atomic mass is 15.3. The van der Waals surface area contributed by atoms with Crippen LogP contribution in [0.25, 0.3) is 0 Å². The fraction of sp³-hybridized carbons (Fsp3) is 0.667. The molecule has 4 nitrogen and oxygen atoms in total. The molecule has 1 aromatic heterocycles. The van der Waals surface area contributed by atoms with Crippen LogP contribution in [-0.2, 0) is 6.54 Å². The predicted octanol–water partition coefficient (Wildman–Crippen LogP) is 1.90. The second kappa shape index (κ2) is 5.68. The van der Waals surface area contributed by atoms with E-state index in [1.54, 1.807) is 0 Å². The van der Waals surface area contributed by atoms with Crippen molar-refractivity contribution in [2.75, 3.05) is 6.54 Å². The molecule has 0 bridgehead atoms. The van der Waals surface area contributed by atoms with Crippen LogP contribution in [0.4, 0.5) is 0 Å². The van der Waals surface area contributed by atoms with Gasteiger partial charge in [0.2, 0.25) is 0 Å². The summed E-state index contributed by atoms with van der Waals surface area (Å²) >= 11 is 0. The van der Waals surface area contributed by atoms with Crippen molar-refractivity contribution in [3.63, 3.8) is 0 Å². The highest BCUT2D eigenvalue weighted by molar-refractivity contribution is 5.82. The minimum Gasteiger partial charge on any atom is -0.387 e. The lowest BCUT2D eigenvalue weighted by Gasteiger charge is -2.05. The summed E-state index contributed by atoms with van der Waals surface area (Å²) in [4.78, 5) is 4.33. The van der Waals surface area contributed by atoms with Crippen LogP contribution >= 0.6 is 0 Å². The molecule has 0 aliphatic rings. The number of rotatable bonds is 5. The molecule has 2 N–H and O–H groups in total. The summed E-state index contributed by atoms with van der Waals surface area (Å²) in [5.74, 6) is 1.09. The van der Waals surface area contributed by atoms with E-state index in [2.05, 4.69) is 36.9 Å². The third-order valence-electron chi connectivity index (χ3n) is 2.52. The van der Waals surface area contributed by atoms with Crippen LogP contribution in [0.5, 0.6) is 0 Å². The molecule has 0 aliphatic heterocycles. The molecule has 0 amide bonds. The van der Waals surface area contributed by atoms with Crippen LogP contribution in [0.15, 0.2) is 11.1 Å². The first-order valence-electron chi connectivity index (χ1n) is 5.81. The topological polar surface area (TPSA) is 56.2 Å². The lowest BCUT2D eigenvalue weighted by Crippen LogP contribution is -2.19. The van der Waals surface area contributed by atoms with Crippen molar-refractivity contribution in [2.24, 2.45) is 16.6 Å². The number of hydrogen-bond donors (Lipinski definition) is 1. The van der Waals surface area contributed by atoms with Gasteiger partial charge in [0.25, 0.3) is 0 Å². The zero-order valence-corrected chi connectivity index (χ0v) is 10.7. The summed E-state index contributed by atoms with van der Waals surface area (Å²) < 4.78 is 2.02. The Morgan fingerprint density at radius 2 is 2.19 bits per heavy atom. The Labute approximate surface area is 97.6 Å². The summed E-state index contributed by atoms with van der Waals surface area (Å²) in [7, 11) is 0. The lowest BCUT2D eigenvalue weighted by molar-refractivity contribution is 0.567. The molecule has 0 unspecified atom stereocenters. The number of amidine groups is 1. The largest absolute Gasteiger partial charge is 0.387 e. The van der Waals surface area contributed by atoms with Gasteiger partial charge in [0.1, 0.15) is 0 Å². The third-order valence-corrected chi connectivity index (χ3v) is 2.52. The quantitative estimate of drug-likeness (QED) is 0.470. The van der Waals surface area contributed by atoms with Crippen molar-refractivity contribution in [1.29, 1.82) is 0 Å². The molecule has 90 valence electrons. The molecule has 1 heterocycles. The molecule has 16 heavy (non-hydrogen) atoms. The Balaban J connectivity index is 2.36. The van der Waals surface area contributed by atoms with Crippen LogP contribution in [0.1, 0.15) is 31.7 Å². The summed E-state index contributed by atoms with van der Waals surface area (Å²) in [6, 6.07) is 2.09. The molecule has 0 spiro atoms. The average Bonchev–Trinajstić information content (AvgIpc) is 2.51. The fourth-order valence-corrected chi connectivity index (χ4v) is 1.51. The van der Waals surface area contributed by atoms with Gasteiger partial charge in [0.15, 0.2) is 0 Å². The minimum absolute atomic E-state index is 0.341. The van der Waals surface area contributed by atoms with E-state index in [0.717, 1.165) is 31.0 Å². The number of aromatic nitrogens is 2. The fourth-order valence-electron chi connectivity index (χ4n) is 1.51. The summed E-state index contributed by atoms with van der Waals surface area (Å²) in [5, 5.41) is 4.40. The number of nitrogens with two attached hydrogens (primary N) is 1. The maximum atomic E-state index is 5.76. The van der Waals surface area contributed by atoms with Crippen LogP contribution < -0.4 is 5.73 Å². The number of hydrogen-bond acceptors (Lipinski definition) is 2. The van der Waals surface area contributed by atoms with E-state index >= 15 is 0 Å². The molecule has 0 saturated heterocycles. The van der Waals surface area contributed by atoms with E-state index < -0.39 is 0 Å². The third kappa shape index (κ3) is 3.68. The average molecular weight is 222 g/mol. The molecule has 1 aromatic rings. The Morgan fingerprint density at radius 1 is 1.50 bits per heavy atom. The van der Waals surface area contributed by atoms with Crippen molar-refractivity contribution in [3.8, 4) is 0 Å². The minimum atomic E-state index is 0.341. The van der Waals surface area contributed by atoms with E-state index in [9.17, 15) is 0 Å². The van der Waals surface area contributed by atoms with Gasteiger partial charge in [-0.05, 0) is 26.3 Å². The Kier molecular flexibility index (Phi) is 4.52. The van der Waals surface area contributed by atoms with Crippen molar-refractivity contribution >= 4 is 5.84 Å². The van der Waals surface area contributed by atoms with Gasteiger partial charge in [-0.1, -0.05) is 13.8 Å². The molecule has 0 fully saturated rings. The van der Waals surface area contributed by atoms with E-state index in [-0.39, 0.29) is 0 Å². The highest BCUT2D eigenvalue weighted by Crippen LogP contribution is 2.02. The van der Waals surface area contributed by atoms with Crippen molar-refractivity contribution in [2.45, 2.75) is 40.7 Å². The molecule has 0 radical (unpaired) electrons. The first-order valence-corrected chi connectivity index (χ1v) is 5.81. The van der Waals surface area contributed by atoms with Crippen molar-refractivity contribution in [3.05, 3.63) is 17.5 Å². The van der Waals surface area contributed by atoms with Crippen molar-refractivity contribution in [1.82, 2.24) is 9.78 Å². The molecule has 0 saturated carbocycles. The second-order valence-corrected chi connectivity index (χ2v) is 4.47. The van der Waals surface area contributed by atoms with Gasteiger partial charge in [-0.15, -0.1) is 0 Å². The Bertz CT molecular complexity index is 363. The Morgan fingerprint density at radius 3 is 2.69 bits per heavy atom. The monoisotopic (exact) mass is 222 g/mol. The van der Waals surface area contributed by atoms with Gasteiger partial charge in [0.05, 0.1) is 11.5 Å². The SMILES string of the molecule is Cc1cc(C)n(CCCN=C(N)C(C)C)n1. The van der Waals surface area contributed by atoms with Gasteiger partial charge < -0.3 is 5.73 Å². The highest BCUT2D eigenvalue weighted by Gasteiger charge is 2.00. The van der Waals surface area contributed by atoms with Crippen LogP contribution in [0, 0.1) is 19.8 Å². The van der Waals surface area contributed by atoms with Gasteiger partial charge in [-0.25, -0.2) is 0 Å². The van der Waals surface area contributed by atoms with E-state index in [0.29, 0.717) is 5.92 Å². The van der Waals surface area contributed by atoms with Gasteiger partial charge >= 0.3 is 0 Å². The molecule has 0 atom stereocenters. The van der Waals surface area contributed by atoms with E-state index in [1.165, 1.54) is 5.69 Å². The standard InChI is InChI=1S/C12H22N4/c1-9(2)12(13)14-6-5-7-16-11(4)8-10(3)15-16/h8-9H,5-7H2,1-4H3,(H2,13,14). The summed E-state index contributed by atoms with van der Waals surface area (Å²) in [5.41, 5.74) is 8.04. The smallest absolute Gasteiger partial charge is 0.0962 e. The maximum Gasteiger partial charge on any atom is 0.0962 e. The molecular formula is C12H22N4. The second-order valence-electron chi connectivity index (χ2n) is 4.47. The maximum absolute atomic E-state index is 5.76. The predicted molar refractivity (Wildman–Crippen MR) is 67.6 cm³/mol. The van der Waals surface area contributed by atoms with E-state index in [4.69, 9.17) is 5.73 Å². The van der Waals surface area contributed by atoms with Gasteiger partial charge in [-0.3, -0.25) is 9.67 Å². The molecule has 1 rings (SSSR count). The molecular weight excluding hydrogens is 200 g/mol. The number of aliphatic imine (C=N–C) groups is 1. The zero-order chi connectivity index (χ0) is 12.1. The molecule has 4 heteroatoms. The van der Waals surface area contributed by atoms with Crippen LogP contribution in [-0.4, -0.2) is 22.2 Å². The number of aryl methyl sites for hydroxylation is 3. The Hall–Kier alpha value is -1.32. The van der Waals surface area contributed by atoms with Crippen LogP contribution in [0.3, 0.4) is 0 Å². The van der Waals surface area contributed by atoms with E-state index in [1.807, 2.05) is 11.6 Å². The zero-order valence-electron chi connectivity index (χ0n) is 10.7. The lowest BCUT2D eigenvalue weighted by atomic mass is 10.2. The van der Waals surface area contributed by atoms with Gasteiger partial charge in [-0.2, -0.15) is 5.10 Å². The van der Waals surface area contributed by atoms with Crippen LogP contribution in [0.2, 0.25) is 0 Å². The summed E-state index contributed by atoms with van der Waals surface area (Å²) in [6.07, 6.45) is 0.982. The summed E-state index contributed by atoms with van der Waals surface area (Å²) in [6.45, 7) is 9.89. The molecule has 0 aromatic carbocycles. The first kappa shape index (κ1) is 12.7.